The van der Waals surface area contributed by atoms with E-state index in [-0.39, 0.29) is 24.5 Å². The first kappa shape index (κ1) is 16.7. The second-order valence-electron chi connectivity index (χ2n) is 4.07. The van der Waals surface area contributed by atoms with Crippen LogP contribution in [0.2, 0.25) is 0 Å². The molecular formula is C14H14N4O2S. The Morgan fingerprint density at radius 1 is 1.24 bits per heavy atom. The minimum atomic E-state index is -3.87. The van der Waals surface area contributed by atoms with Crippen LogP contribution in [-0.2, 0) is 10.0 Å². The van der Waals surface area contributed by atoms with Gasteiger partial charge in [-0.15, -0.1) is 0 Å². The van der Waals surface area contributed by atoms with Crippen molar-refractivity contribution in [2.45, 2.75) is 11.8 Å². The average Bonchev–Trinajstić information content (AvgIpc) is 2.45. The summed E-state index contributed by atoms with van der Waals surface area (Å²) in [6.45, 7) is 1.21. The summed E-state index contributed by atoms with van der Waals surface area (Å²) in [4.78, 5) is 0.0313. The maximum atomic E-state index is 12.4. The molecule has 0 spiro atoms. The Kier molecular flexibility index (Phi) is 5.90. The van der Waals surface area contributed by atoms with Crippen LogP contribution < -0.4 is 5.73 Å². The van der Waals surface area contributed by atoms with Crippen LogP contribution in [0.4, 0.5) is 0 Å². The molecular weight excluding hydrogens is 288 g/mol. The highest BCUT2D eigenvalue weighted by Crippen LogP contribution is 2.18. The van der Waals surface area contributed by atoms with Gasteiger partial charge in [-0.25, -0.2) is 8.42 Å². The molecule has 21 heavy (non-hydrogen) atoms. The van der Waals surface area contributed by atoms with Gasteiger partial charge in [0.15, 0.2) is 0 Å². The van der Waals surface area contributed by atoms with E-state index in [0.717, 1.165) is 4.31 Å². The maximum Gasteiger partial charge on any atom is 0.244 e. The van der Waals surface area contributed by atoms with Crippen LogP contribution in [0.3, 0.4) is 0 Å². The number of nitrogens with zero attached hydrogens (tertiary/aromatic N) is 3. The molecule has 0 bridgehead atoms. The molecule has 0 heterocycles. The molecule has 0 saturated heterocycles. The molecule has 0 fully saturated rings. The molecule has 0 radical (unpaired) electrons. The van der Waals surface area contributed by atoms with Crippen LogP contribution in [-0.4, -0.2) is 32.4 Å². The fourth-order valence-electron chi connectivity index (χ4n) is 1.62. The second kappa shape index (κ2) is 7.42. The van der Waals surface area contributed by atoms with Gasteiger partial charge in [0.05, 0.1) is 23.6 Å². The van der Waals surface area contributed by atoms with Gasteiger partial charge in [-0.3, -0.25) is 0 Å². The molecule has 7 heteroatoms. The monoisotopic (exact) mass is 302 g/mol. The summed E-state index contributed by atoms with van der Waals surface area (Å²) in [6, 6.07) is 7.95. The molecule has 108 valence electrons. The normalized spacial score (nSPS) is 10.3. The predicted molar refractivity (Wildman–Crippen MR) is 77.1 cm³/mol. The van der Waals surface area contributed by atoms with E-state index in [0.29, 0.717) is 11.1 Å². The minimum absolute atomic E-state index is 0.0313. The quantitative estimate of drug-likeness (QED) is 0.637. The number of nitrogens with two attached hydrogens (primary N) is 1. The van der Waals surface area contributed by atoms with Gasteiger partial charge in [-0.2, -0.15) is 14.8 Å². The van der Waals surface area contributed by atoms with Gasteiger partial charge in [-0.05, 0) is 30.7 Å². The SMILES string of the molecule is Cc1cc(S(=O)(=O)N(CC#N)CC#N)ccc1C#CCN. The summed E-state index contributed by atoms with van der Waals surface area (Å²) in [5, 5.41) is 17.3. The van der Waals surface area contributed by atoms with E-state index in [1.165, 1.54) is 12.1 Å². The molecule has 2 N–H and O–H groups in total. The number of benzene rings is 1. The summed E-state index contributed by atoms with van der Waals surface area (Å²) in [5.74, 6) is 5.54. The number of hydrogen-bond donors (Lipinski definition) is 1. The largest absolute Gasteiger partial charge is 0.320 e. The smallest absolute Gasteiger partial charge is 0.244 e. The number of hydrogen-bond acceptors (Lipinski definition) is 5. The van der Waals surface area contributed by atoms with Crippen molar-refractivity contribution in [2.75, 3.05) is 19.6 Å². The van der Waals surface area contributed by atoms with E-state index in [4.69, 9.17) is 16.3 Å². The first-order valence-electron chi connectivity index (χ1n) is 6.01. The lowest BCUT2D eigenvalue weighted by Crippen LogP contribution is -2.31. The summed E-state index contributed by atoms with van der Waals surface area (Å²) in [5.41, 5.74) is 6.67. The molecule has 0 amide bonds. The lowest BCUT2D eigenvalue weighted by molar-refractivity contribution is 0.479. The van der Waals surface area contributed by atoms with Gasteiger partial charge < -0.3 is 5.73 Å². The highest BCUT2D eigenvalue weighted by atomic mass is 32.2. The summed E-state index contributed by atoms with van der Waals surface area (Å²) in [6.07, 6.45) is 0. The van der Waals surface area contributed by atoms with Crippen LogP contribution in [0.5, 0.6) is 0 Å². The van der Waals surface area contributed by atoms with Crippen molar-refractivity contribution >= 4 is 10.0 Å². The van der Waals surface area contributed by atoms with Gasteiger partial charge in [0, 0.05) is 5.56 Å². The molecule has 1 aromatic carbocycles. The van der Waals surface area contributed by atoms with Gasteiger partial charge in [0.25, 0.3) is 0 Å². The van der Waals surface area contributed by atoms with Crippen molar-refractivity contribution in [3.05, 3.63) is 29.3 Å². The van der Waals surface area contributed by atoms with Crippen LogP contribution >= 0.6 is 0 Å². The Hall–Kier alpha value is -2.37. The Balaban J connectivity index is 3.24. The zero-order valence-electron chi connectivity index (χ0n) is 11.5. The highest BCUT2D eigenvalue weighted by molar-refractivity contribution is 7.89. The first-order chi connectivity index (χ1) is 9.97. The van der Waals surface area contributed by atoms with Gasteiger partial charge in [0.2, 0.25) is 10.0 Å². The van der Waals surface area contributed by atoms with Crippen LogP contribution in [0.15, 0.2) is 23.1 Å². The van der Waals surface area contributed by atoms with Crippen molar-refractivity contribution < 1.29 is 8.42 Å². The van der Waals surface area contributed by atoms with E-state index in [2.05, 4.69) is 11.8 Å². The first-order valence-corrected chi connectivity index (χ1v) is 7.45. The van der Waals surface area contributed by atoms with Crippen LogP contribution in [0, 0.1) is 41.4 Å². The lowest BCUT2D eigenvalue weighted by Gasteiger charge is -2.16. The van der Waals surface area contributed by atoms with Crippen molar-refractivity contribution in [1.29, 1.82) is 10.5 Å². The fourth-order valence-corrected chi connectivity index (χ4v) is 2.94. The summed E-state index contributed by atoms with van der Waals surface area (Å²) in [7, 11) is -3.87. The minimum Gasteiger partial charge on any atom is -0.320 e. The van der Waals surface area contributed by atoms with E-state index in [1.54, 1.807) is 25.1 Å². The number of nitriles is 2. The molecule has 1 aromatic rings. The van der Waals surface area contributed by atoms with Gasteiger partial charge in [0.1, 0.15) is 13.1 Å². The van der Waals surface area contributed by atoms with Crippen molar-refractivity contribution in [1.82, 2.24) is 4.31 Å². The van der Waals surface area contributed by atoms with E-state index in [1.807, 2.05) is 0 Å². The zero-order valence-corrected chi connectivity index (χ0v) is 12.3. The van der Waals surface area contributed by atoms with Gasteiger partial charge >= 0.3 is 0 Å². The highest BCUT2D eigenvalue weighted by Gasteiger charge is 2.24. The molecule has 0 aliphatic heterocycles. The van der Waals surface area contributed by atoms with Crippen molar-refractivity contribution in [2.24, 2.45) is 5.73 Å². The third-order valence-electron chi connectivity index (χ3n) is 2.65. The number of rotatable bonds is 4. The van der Waals surface area contributed by atoms with Crippen molar-refractivity contribution in [3.63, 3.8) is 0 Å². The molecule has 0 aromatic heterocycles. The number of aryl methyl sites for hydroxylation is 1. The fraction of sp³-hybridized carbons (Fsp3) is 0.286. The third-order valence-corrected chi connectivity index (χ3v) is 4.44. The molecule has 0 saturated carbocycles. The Morgan fingerprint density at radius 2 is 1.86 bits per heavy atom. The average molecular weight is 302 g/mol. The Morgan fingerprint density at radius 3 is 2.33 bits per heavy atom. The second-order valence-corrected chi connectivity index (χ2v) is 6.01. The standard InChI is InChI=1S/C14H14N4O2S/c1-12-11-14(5-4-13(12)3-2-6-15)21(19,20)18(9-7-16)10-8-17/h4-5,11H,6,9-10,15H2,1H3. The topological polar surface area (TPSA) is 111 Å². The zero-order chi connectivity index (χ0) is 15.9. The molecule has 0 unspecified atom stereocenters. The van der Waals surface area contributed by atoms with E-state index < -0.39 is 10.0 Å². The van der Waals surface area contributed by atoms with E-state index in [9.17, 15) is 8.42 Å². The Bertz CT molecular complexity index is 745. The Labute approximate surface area is 124 Å². The maximum absolute atomic E-state index is 12.4. The molecule has 0 atom stereocenters. The van der Waals surface area contributed by atoms with Crippen molar-refractivity contribution in [3.8, 4) is 24.0 Å². The van der Waals surface area contributed by atoms with E-state index >= 15 is 0 Å². The number of sulfonamides is 1. The summed E-state index contributed by atoms with van der Waals surface area (Å²) >= 11 is 0. The van der Waals surface area contributed by atoms with Crippen LogP contribution in [0.25, 0.3) is 0 Å². The van der Waals surface area contributed by atoms with Gasteiger partial charge in [-0.1, -0.05) is 11.8 Å². The third kappa shape index (κ3) is 4.05. The molecule has 1 rings (SSSR count). The summed E-state index contributed by atoms with van der Waals surface area (Å²) < 4.78 is 25.5. The van der Waals surface area contributed by atoms with Crippen LogP contribution in [0.1, 0.15) is 11.1 Å². The lowest BCUT2D eigenvalue weighted by atomic mass is 10.1. The molecule has 0 aliphatic carbocycles. The predicted octanol–water partition coefficient (Wildman–Crippen LogP) is 0.343. The molecule has 0 aliphatic rings. The molecule has 6 nitrogen and oxygen atoms in total.